The molecule has 2 aromatic carbocycles. The van der Waals surface area contributed by atoms with Crippen molar-refractivity contribution >= 4 is 63.8 Å². The van der Waals surface area contributed by atoms with E-state index < -0.39 is 11.8 Å². The van der Waals surface area contributed by atoms with Crippen molar-refractivity contribution < 1.29 is 38.0 Å². The predicted octanol–water partition coefficient (Wildman–Crippen LogP) is 26.7. The fraction of sp³-hybridized carbons (Fsp3) is 0.809. The molecule has 0 atom stereocenters. The molecule has 2 rings (SSSR count). The molecule has 0 unspecified atom stereocenters. The third-order valence-electron chi connectivity index (χ3n) is 20.1. The molecule has 6 N–H and O–H groups in total. The van der Waals surface area contributed by atoms with Crippen LogP contribution in [0.5, 0.6) is 34.5 Å². The number of unbranched alkanes of at least 4 members (excludes halogenated alkanes) is 54. The van der Waals surface area contributed by atoms with E-state index >= 15 is 0 Å². The Morgan fingerprint density at radius 1 is 0.226 bits per heavy atom. The largest absolute Gasteiger partial charge is 0.490 e. The van der Waals surface area contributed by atoms with Crippen molar-refractivity contribution in [3.63, 3.8) is 0 Å². The highest BCUT2D eigenvalue weighted by atomic mass is 32.1. The summed E-state index contributed by atoms with van der Waals surface area (Å²) in [6, 6.07) is 6.99. The first kappa shape index (κ1) is 97.7. The van der Waals surface area contributed by atoms with E-state index in [1.165, 1.54) is 308 Å². The van der Waals surface area contributed by atoms with Gasteiger partial charge in [0.1, 0.15) is 0 Å². The molecule has 0 spiro atoms. The predicted molar refractivity (Wildman–Crippen MR) is 462 cm³/mol. The summed E-state index contributed by atoms with van der Waals surface area (Å²) in [7, 11) is 0. The molecule has 0 aliphatic heterocycles. The Morgan fingerprint density at radius 3 is 0.557 bits per heavy atom. The van der Waals surface area contributed by atoms with Crippen molar-refractivity contribution in [2.75, 3.05) is 39.6 Å². The molecule has 0 radical (unpaired) electrons. The van der Waals surface area contributed by atoms with Crippen LogP contribution in [0, 0.1) is 0 Å². The fourth-order valence-corrected chi connectivity index (χ4v) is 13.8. The number of hydrazine groups is 2. The average molecular weight is 1540 g/mol. The van der Waals surface area contributed by atoms with Crippen LogP contribution in [0.1, 0.15) is 448 Å². The maximum Gasteiger partial charge on any atom is 0.257 e. The summed E-state index contributed by atoms with van der Waals surface area (Å²) in [6.07, 6.45) is 73.5. The molecule has 0 aromatic heterocycles. The second kappa shape index (κ2) is 73.5. The molecular formula is C89H160N6O8S3. The number of carbonyl (C=O) groups excluding carboxylic acids is 2. The molecule has 2 amide bonds. The van der Waals surface area contributed by atoms with Gasteiger partial charge in [-0.25, -0.2) is 0 Å². The average Bonchev–Trinajstić information content (AvgIpc) is 0.821. The van der Waals surface area contributed by atoms with Gasteiger partial charge < -0.3 is 28.4 Å². The Balaban J connectivity index is 2.26. The van der Waals surface area contributed by atoms with E-state index in [-0.39, 0.29) is 15.3 Å². The minimum Gasteiger partial charge on any atom is -0.490 e. The van der Waals surface area contributed by atoms with Gasteiger partial charge in [-0.05, 0) is 99.4 Å². The molecule has 14 nitrogen and oxygen atoms in total. The number of hydrogen-bond donors (Lipinski definition) is 6. The maximum absolute atomic E-state index is 14.2. The first-order chi connectivity index (χ1) is 52.1. The minimum absolute atomic E-state index is 0.0275. The van der Waals surface area contributed by atoms with Gasteiger partial charge >= 0.3 is 0 Å². The molecule has 0 saturated heterocycles. The summed E-state index contributed by atoms with van der Waals surface area (Å²) in [4.78, 5) is 28.5. The number of nitrogens with one attached hydrogen (secondary N) is 6. The van der Waals surface area contributed by atoms with E-state index in [1.54, 1.807) is 24.3 Å². The van der Waals surface area contributed by atoms with E-state index in [0.717, 1.165) is 77.0 Å². The van der Waals surface area contributed by atoms with Crippen molar-refractivity contribution in [2.45, 2.75) is 427 Å². The number of carbonyl (C=O) groups is 2. The molecule has 17 heteroatoms. The molecule has 106 heavy (non-hydrogen) atoms. The van der Waals surface area contributed by atoms with Gasteiger partial charge in [0.15, 0.2) is 33.2 Å². The van der Waals surface area contributed by atoms with Gasteiger partial charge in [0, 0.05) is 11.1 Å². The van der Waals surface area contributed by atoms with E-state index in [4.69, 9.17) is 65.1 Å². The summed E-state index contributed by atoms with van der Waals surface area (Å²) < 4.78 is 39.6. The monoisotopic (exact) mass is 1540 g/mol. The van der Waals surface area contributed by atoms with Crippen LogP contribution in [0.3, 0.4) is 0 Å². The number of benzene rings is 2. The summed E-state index contributed by atoms with van der Waals surface area (Å²) >= 11 is 16.9. The quantitative estimate of drug-likeness (QED) is 0.0211. The molecule has 2 aromatic rings. The normalized spacial score (nSPS) is 11.2. The Kier molecular flexibility index (Phi) is 67.7. The molecule has 0 fully saturated rings. The van der Waals surface area contributed by atoms with Gasteiger partial charge in [0.05, 0.1) is 39.6 Å². The molecule has 0 aliphatic carbocycles. The Bertz CT molecular complexity index is 2180. The second-order valence-corrected chi connectivity index (χ2v) is 31.4. The highest BCUT2D eigenvalue weighted by molar-refractivity contribution is 7.81. The fourth-order valence-electron chi connectivity index (χ4n) is 13.4. The number of thiocarbonyl (C=S) groups is 3. The molecular weight excluding hydrogens is 1380 g/mol. The zero-order valence-electron chi connectivity index (χ0n) is 69.0. The maximum atomic E-state index is 14.2. The summed E-state index contributed by atoms with van der Waals surface area (Å²) in [6.45, 7) is 16.6. The van der Waals surface area contributed by atoms with E-state index in [0.29, 0.717) is 85.3 Å². The van der Waals surface area contributed by atoms with Crippen molar-refractivity contribution in [2.24, 2.45) is 0 Å². The first-order valence-corrected chi connectivity index (χ1v) is 45.8. The molecule has 0 aliphatic rings. The number of rotatable bonds is 74. The third-order valence-corrected chi connectivity index (χ3v) is 20.7. The lowest BCUT2D eigenvalue weighted by atomic mass is 10.1. The molecule has 0 saturated carbocycles. The van der Waals surface area contributed by atoms with E-state index in [1.807, 2.05) is 0 Å². The summed E-state index contributed by atoms with van der Waals surface area (Å²) in [5.41, 5.74) is 11.9. The van der Waals surface area contributed by atoms with E-state index in [9.17, 15) is 9.59 Å². The lowest BCUT2D eigenvalue weighted by molar-refractivity contribution is 0.0967. The van der Waals surface area contributed by atoms with Crippen LogP contribution in [0.15, 0.2) is 24.3 Å². The summed E-state index contributed by atoms with van der Waals surface area (Å²) in [5, 5.41) is 5.59. The molecule has 612 valence electrons. The van der Waals surface area contributed by atoms with Gasteiger partial charge in [0.2, 0.25) is 16.6 Å². The van der Waals surface area contributed by atoms with Crippen LogP contribution in [0.2, 0.25) is 0 Å². The van der Waals surface area contributed by atoms with Crippen LogP contribution in [0.4, 0.5) is 0 Å². The van der Waals surface area contributed by atoms with Crippen LogP contribution in [0.25, 0.3) is 0 Å². The van der Waals surface area contributed by atoms with Crippen LogP contribution in [-0.4, -0.2) is 66.8 Å². The highest BCUT2D eigenvalue weighted by Gasteiger charge is 2.23. The van der Waals surface area contributed by atoms with Crippen molar-refractivity contribution in [3.8, 4) is 34.5 Å². The lowest BCUT2D eigenvalue weighted by Gasteiger charge is -2.20. The van der Waals surface area contributed by atoms with Gasteiger partial charge in [-0.15, -0.1) is 0 Å². The minimum atomic E-state index is -0.456. The SMILES string of the molecule is CCCCCCCCCCCCOc1cc(C(=O)NC(=S)NNC(=S)NNC(=S)NC(=O)c2cc(OCCCCCCCCCCCC)c(OCCCCCCCCCCCC)c(OCCCCCCCCCCCC)c2)cc(OCCCCCCCCCCCC)c1OCCCCCCCCCCCC. The summed E-state index contributed by atoms with van der Waals surface area (Å²) in [5.74, 6) is 2.16. The highest BCUT2D eigenvalue weighted by Crippen LogP contribution is 2.41. The second-order valence-electron chi connectivity index (χ2n) is 30.2. The number of hydrogen-bond acceptors (Lipinski definition) is 11. The Labute approximate surface area is 666 Å². The zero-order chi connectivity index (χ0) is 76.5. The lowest BCUT2D eigenvalue weighted by Crippen LogP contribution is -2.56. The van der Waals surface area contributed by atoms with E-state index in [2.05, 4.69) is 73.9 Å². The van der Waals surface area contributed by atoms with Gasteiger partial charge in [-0.2, -0.15) is 0 Å². The van der Waals surface area contributed by atoms with Crippen molar-refractivity contribution in [1.29, 1.82) is 0 Å². The van der Waals surface area contributed by atoms with Gasteiger partial charge in [-0.3, -0.25) is 41.9 Å². The van der Waals surface area contributed by atoms with Crippen LogP contribution >= 0.6 is 36.7 Å². The number of amides is 2. The van der Waals surface area contributed by atoms with Crippen molar-refractivity contribution in [1.82, 2.24) is 32.3 Å². The zero-order valence-corrected chi connectivity index (χ0v) is 71.4. The topological polar surface area (TPSA) is 162 Å². The molecule has 0 bridgehead atoms. The molecule has 0 heterocycles. The van der Waals surface area contributed by atoms with Crippen LogP contribution < -0.4 is 60.8 Å². The van der Waals surface area contributed by atoms with Crippen molar-refractivity contribution in [3.05, 3.63) is 35.4 Å². The Hall–Kier alpha value is -4.35. The van der Waals surface area contributed by atoms with Gasteiger partial charge in [-0.1, -0.05) is 388 Å². The van der Waals surface area contributed by atoms with Gasteiger partial charge in [0.25, 0.3) is 11.8 Å². The standard InChI is InChI=1S/C89H160N6O8S3/c1-7-13-19-25-31-37-43-49-55-61-67-98-79-73-77(74-80(99-68-62-56-50-44-38-32-26-20-14-8-2)83(79)102-71-65-59-53-47-41-35-29-23-17-11-5)85(96)90-87(104)92-94-89(106)95-93-88(105)91-86(97)78-75-81(100-69-63-57-51-45-39-33-27-21-15-9-3)84(103-72-66-60-54-48-42-36-30-24-18-12-6)82(76-78)101-70-64-58-52-46-40-34-28-22-16-10-4/h73-76H,7-72H2,1-6H3,(H2,94,95,106)(H2,90,92,96,104)(H2,91,93,97,105). The smallest absolute Gasteiger partial charge is 0.257 e. The Morgan fingerprint density at radius 2 is 0.377 bits per heavy atom. The number of ether oxygens (including phenoxy) is 6. The first-order valence-electron chi connectivity index (χ1n) is 44.5. The van der Waals surface area contributed by atoms with Crippen LogP contribution in [-0.2, 0) is 0 Å². The third kappa shape index (κ3) is 56.0.